The molecule has 1 aromatic heterocycles. The highest BCUT2D eigenvalue weighted by Crippen LogP contribution is 2.15. The van der Waals surface area contributed by atoms with Crippen LogP contribution in [-0.4, -0.2) is 17.2 Å². The molecule has 0 saturated heterocycles. The van der Waals surface area contributed by atoms with Crippen molar-refractivity contribution in [3.05, 3.63) is 52.8 Å². The van der Waals surface area contributed by atoms with Gasteiger partial charge < -0.3 is 4.90 Å². The van der Waals surface area contributed by atoms with E-state index >= 15 is 0 Å². The third-order valence-corrected chi connectivity index (χ3v) is 2.73. The fourth-order valence-electron chi connectivity index (χ4n) is 1.55. The van der Waals surface area contributed by atoms with Gasteiger partial charge in [0.25, 0.3) is 0 Å². The Morgan fingerprint density at radius 1 is 1.17 bits per heavy atom. The molecule has 0 bridgehead atoms. The van der Waals surface area contributed by atoms with E-state index in [9.17, 15) is 0 Å². The van der Waals surface area contributed by atoms with Gasteiger partial charge in [-0.3, -0.25) is 0 Å². The number of benzene rings is 1. The van der Waals surface area contributed by atoms with Crippen molar-refractivity contribution in [1.82, 2.24) is 10.2 Å². The van der Waals surface area contributed by atoms with Gasteiger partial charge in [-0.25, -0.2) is 0 Å². The van der Waals surface area contributed by atoms with E-state index in [0.717, 1.165) is 11.4 Å². The van der Waals surface area contributed by atoms with Crippen molar-refractivity contribution in [2.24, 2.45) is 0 Å². The molecule has 1 aromatic carbocycles. The van der Waals surface area contributed by atoms with Crippen molar-refractivity contribution in [1.29, 1.82) is 5.26 Å². The third kappa shape index (κ3) is 2.96. The topological polar surface area (TPSA) is 52.8 Å². The van der Waals surface area contributed by atoms with Crippen LogP contribution in [0.3, 0.4) is 0 Å². The summed E-state index contributed by atoms with van der Waals surface area (Å²) < 4.78 is 0. The monoisotopic (exact) mass is 258 g/mol. The lowest BCUT2D eigenvalue weighted by Gasteiger charge is -2.18. The van der Waals surface area contributed by atoms with Crippen LogP contribution in [0.1, 0.15) is 11.3 Å². The number of hydrogen-bond acceptors (Lipinski definition) is 4. The predicted molar refractivity (Wildman–Crippen MR) is 70.3 cm³/mol. The standard InChI is InChI=1S/C13H11ClN4/c1-18(9-11-4-7-13(14)17-16-11)12-5-2-10(8-15)3-6-12/h2-7H,9H2,1H3. The quantitative estimate of drug-likeness (QED) is 0.849. The Balaban J connectivity index is 2.09. The lowest BCUT2D eigenvalue weighted by Crippen LogP contribution is -2.17. The first kappa shape index (κ1) is 12.3. The van der Waals surface area contributed by atoms with Gasteiger partial charge in [0.05, 0.1) is 23.9 Å². The molecule has 0 radical (unpaired) electrons. The van der Waals surface area contributed by atoms with Gasteiger partial charge in [0.1, 0.15) is 0 Å². The minimum Gasteiger partial charge on any atom is -0.369 e. The second-order valence-electron chi connectivity index (χ2n) is 3.86. The second kappa shape index (κ2) is 5.48. The Bertz CT molecular complexity index is 557. The van der Waals surface area contributed by atoms with Crippen molar-refractivity contribution in [3.63, 3.8) is 0 Å². The van der Waals surface area contributed by atoms with Gasteiger partial charge in [-0.1, -0.05) is 11.6 Å². The minimum atomic E-state index is 0.389. The fourth-order valence-corrected chi connectivity index (χ4v) is 1.65. The van der Waals surface area contributed by atoms with Crippen molar-refractivity contribution >= 4 is 17.3 Å². The minimum absolute atomic E-state index is 0.389. The number of anilines is 1. The smallest absolute Gasteiger partial charge is 0.151 e. The predicted octanol–water partition coefficient (Wildman–Crippen LogP) is 2.64. The third-order valence-electron chi connectivity index (χ3n) is 2.52. The normalized spacial score (nSPS) is 9.83. The molecule has 2 rings (SSSR count). The number of nitrogens with zero attached hydrogens (tertiary/aromatic N) is 4. The van der Waals surface area contributed by atoms with Gasteiger partial charge in [-0.2, -0.15) is 10.4 Å². The molecule has 0 aliphatic rings. The number of aromatic nitrogens is 2. The maximum absolute atomic E-state index is 8.73. The lowest BCUT2D eigenvalue weighted by molar-refractivity contribution is 0.841. The molecule has 0 atom stereocenters. The molecule has 0 fully saturated rings. The molecular weight excluding hydrogens is 248 g/mol. The Kier molecular flexibility index (Phi) is 3.75. The maximum Gasteiger partial charge on any atom is 0.151 e. The van der Waals surface area contributed by atoms with Gasteiger partial charge in [0.2, 0.25) is 0 Å². The fraction of sp³-hybridized carbons (Fsp3) is 0.154. The van der Waals surface area contributed by atoms with Crippen LogP contribution in [-0.2, 0) is 6.54 Å². The summed E-state index contributed by atoms with van der Waals surface area (Å²) in [4.78, 5) is 2.03. The van der Waals surface area contributed by atoms with E-state index in [1.807, 2.05) is 30.1 Å². The molecule has 4 nitrogen and oxygen atoms in total. The zero-order valence-corrected chi connectivity index (χ0v) is 10.6. The van der Waals surface area contributed by atoms with E-state index in [1.54, 1.807) is 18.2 Å². The highest BCUT2D eigenvalue weighted by molar-refractivity contribution is 6.29. The Morgan fingerprint density at radius 2 is 1.89 bits per heavy atom. The molecule has 2 aromatic rings. The molecule has 0 saturated carbocycles. The molecule has 18 heavy (non-hydrogen) atoms. The summed E-state index contributed by atoms with van der Waals surface area (Å²) in [6.45, 7) is 0.635. The van der Waals surface area contributed by atoms with Crippen molar-refractivity contribution in [2.75, 3.05) is 11.9 Å². The highest BCUT2D eigenvalue weighted by atomic mass is 35.5. The molecule has 5 heteroatoms. The van der Waals surface area contributed by atoms with E-state index in [1.165, 1.54) is 0 Å². The summed E-state index contributed by atoms with van der Waals surface area (Å²) in [7, 11) is 1.96. The van der Waals surface area contributed by atoms with Gasteiger partial charge in [-0.05, 0) is 36.4 Å². The molecule has 90 valence electrons. The summed E-state index contributed by atoms with van der Waals surface area (Å²) >= 11 is 5.68. The van der Waals surface area contributed by atoms with Crippen LogP contribution in [0.15, 0.2) is 36.4 Å². The number of rotatable bonds is 3. The molecule has 0 aliphatic heterocycles. The average molecular weight is 259 g/mol. The van der Waals surface area contributed by atoms with Gasteiger partial charge in [0, 0.05) is 12.7 Å². The van der Waals surface area contributed by atoms with Gasteiger partial charge >= 0.3 is 0 Å². The Morgan fingerprint density at radius 3 is 2.44 bits per heavy atom. The zero-order valence-electron chi connectivity index (χ0n) is 9.84. The molecule has 0 spiro atoms. The van der Waals surface area contributed by atoms with Crippen molar-refractivity contribution in [3.8, 4) is 6.07 Å². The number of nitriles is 1. The molecule has 0 N–H and O–H groups in total. The summed E-state index contributed by atoms with van der Waals surface area (Å²) in [5.74, 6) is 0. The first-order chi connectivity index (χ1) is 8.69. The van der Waals surface area contributed by atoms with Crippen LogP contribution in [0.2, 0.25) is 5.15 Å². The zero-order chi connectivity index (χ0) is 13.0. The molecule has 0 amide bonds. The number of halogens is 1. The average Bonchev–Trinajstić information content (AvgIpc) is 2.41. The SMILES string of the molecule is CN(Cc1ccc(Cl)nn1)c1ccc(C#N)cc1. The van der Waals surface area contributed by atoms with Crippen LogP contribution < -0.4 is 4.90 Å². The molecule has 0 aliphatic carbocycles. The van der Waals surface area contributed by atoms with E-state index in [4.69, 9.17) is 16.9 Å². The highest BCUT2D eigenvalue weighted by Gasteiger charge is 2.04. The maximum atomic E-state index is 8.73. The summed E-state index contributed by atoms with van der Waals surface area (Å²) in [5.41, 5.74) is 2.51. The summed E-state index contributed by atoms with van der Waals surface area (Å²) in [6, 6.07) is 13.0. The Labute approximate surface area is 110 Å². The number of hydrogen-bond donors (Lipinski definition) is 0. The lowest BCUT2D eigenvalue weighted by atomic mass is 10.2. The van der Waals surface area contributed by atoms with Crippen molar-refractivity contribution in [2.45, 2.75) is 6.54 Å². The Hall–Kier alpha value is -2.12. The van der Waals surface area contributed by atoms with Gasteiger partial charge in [-0.15, -0.1) is 5.10 Å². The van der Waals surface area contributed by atoms with Crippen LogP contribution >= 0.6 is 11.6 Å². The largest absolute Gasteiger partial charge is 0.369 e. The first-order valence-electron chi connectivity index (χ1n) is 5.38. The van der Waals surface area contributed by atoms with E-state index in [0.29, 0.717) is 17.3 Å². The van der Waals surface area contributed by atoms with Crippen LogP contribution in [0.4, 0.5) is 5.69 Å². The van der Waals surface area contributed by atoms with Crippen molar-refractivity contribution < 1.29 is 0 Å². The van der Waals surface area contributed by atoms with Crippen LogP contribution in [0.5, 0.6) is 0 Å². The van der Waals surface area contributed by atoms with Crippen LogP contribution in [0.25, 0.3) is 0 Å². The second-order valence-corrected chi connectivity index (χ2v) is 4.25. The molecular formula is C13H11ClN4. The van der Waals surface area contributed by atoms with Crippen LogP contribution in [0, 0.1) is 11.3 Å². The summed E-state index contributed by atoms with van der Waals surface area (Å²) in [6.07, 6.45) is 0. The summed E-state index contributed by atoms with van der Waals surface area (Å²) in [5, 5.41) is 16.9. The first-order valence-corrected chi connectivity index (χ1v) is 5.76. The van der Waals surface area contributed by atoms with E-state index < -0.39 is 0 Å². The van der Waals surface area contributed by atoms with Gasteiger partial charge in [0.15, 0.2) is 5.15 Å². The van der Waals surface area contributed by atoms with E-state index in [2.05, 4.69) is 16.3 Å². The molecule has 1 heterocycles. The molecule has 0 unspecified atom stereocenters. The van der Waals surface area contributed by atoms with E-state index in [-0.39, 0.29) is 0 Å².